The van der Waals surface area contributed by atoms with Gasteiger partial charge in [-0.15, -0.1) is 0 Å². The summed E-state index contributed by atoms with van der Waals surface area (Å²) in [6.45, 7) is 0. The zero-order valence-electron chi connectivity index (χ0n) is 10.2. The van der Waals surface area contributed by atoms with E-state index in [1.807, 2.05) is 6.26 Å². The standard InChI is InChI=1S/C11H17N3O2S2/c1-17-10-4-2-3-9(10)14-18(15,16)8-5-6-11(12)13-7-8/h5-7,9-10,14H,2-4H2,1H3,(H2,12,13). The summed E-state index contributed by atoms with van der Waals surface area (Å²) in [5.74, 6) is 0.316. The quantitative estimate of drug-likeness (QED) is 0.870. The topological polar surface area (TPSA) is 85.1 Å². The molecule has 1 saturated carbocycles. The number of anilines is 1. The second-order valence-corrected chi connectivity index (χ2v) is 7.14. The van der Waals surface area contributed by atoms with Gasteiger partial charge in [-0.1, -0.05) is 6.42 Å². The lowest BCUT2D eigenvalue weighted by atomic mass is 10.3. The molecule has 0 amide bonds. The van der Waals surface area contributed by atoms with Gasteiger partial charge in [-0.2, -0.15) is 11.8 Å². The van der Waals surface area contributed by atoms with Crippen molar-refractivity contribution in [1.82, 2.24) is 9.71 Å². The Kier molecular flexibility index (Phi) is 4.14. The second kappa shape index (κ2) is 5.46. The molecule has 0 bridgehead atoms. The van der Waals surface area contributed by atoms with E-state index in [1.165, 1.54) is 18.3 Å². The van der Waals surface area contributed by atoms with E-state index >= 15 is 0 Å². The number of nitrogen functional groups attached to an aromatic ring is 1. The summed E-state index contributed by atoms with van der Waals surface area (Å²) in [5.41, 5.74) is 5.45. The van der Waals surface area contributed by atoms with E-state index in [0.717, 1.165) is 19.3 Å². The van der Waals surface area contributed by atoms with E-state index in [4.69, 9.17) is 5.73 Å². The Labute approximate surface area is 112 Å². The first kappa shape index (κ1) is 13.6. The van der Waals surface area contributed by atoms with Crippen LogP contribution >= 0.6 is 11.8 Å². The summed E-state index contributed by atoms with van der Waals surface area (Å²) in [7, 11) is -3.48. The Morgan fingerprint density at radius 3 is 2.83 bits per heavy atom. The number of hydrogen-bond acceptors (Lipinski definition) is 5. The number of nitrogens with two attached hydrogens (primary N) is 1. The number of thioether (sulfide) groups is 1. The lowest BCUT2D eigenvalue weighted by Crippen LogP contribution is -2.38. The molecule has 3 N–H and O–H groups in total. The highest BCUT2D eigenvalue weighted by Gasteiger charge is 2.30. The molecule has 1 aliphatic rings. The average molecular weight is 287 g/mol. The number of sulfonamides is 1. The molecule has 100 valence electrons. The highest BCUT2D eigenvalue weighted by Crippen LogP contribution is 2.29. The molecule has 1 heterocycles. The maximum Gasteiger partial charge on any atom is 0.242 e. The van der Waals surface area contributed by atoms with Crippen LogP contribution in [0.3, 0.4) is 0 Å². The van der Waals surface area contributed by atoms with Crippen molar-refractivity contribution < 1.29 is 8.42 Å². The lowest BCUT2D eigenvalue weighted by molar-refractivity contribution is 0.555. The van der Waals surface area contributed by atoms with E-state index in [2.05, 4.69) is 9.71 Å². The average Bonchev–Trinajstić information content (AvgIpc) is 2.76. The van der Waals surface area contributed by atoms with Crippen molar-refractivity contribution in [3.8, 4) is 0 Å². The molecule has 0 spiro atoms. The molecule has 1 aromatic rings. The Morgan fingerprint density at radius 2 is 2.22 bits per heavy atom. The van der Waals surface area contributed by atoms with Crippen LogP contribution in [0.2, 0.25) is 0 Å². The molecule has 0 aliphatic heterocycles. The molecule has 0 saturated heterocycles. The van der Waals surface area contributed by atoms with Gasteiger partial charge in [0.1, 0.15) is 10.7 Å². The third kappa shape index (κ3) is 2.96. The van der Waals surface area contributed by atoms with E-state index in [9.17, 15) is 8.42 Å². The van der Waals surface area contributed by atoms with E-state index in [1.54, 1.807) is 11.8 Å². The number of pyridine rings is 1. The number of hydrogen-bond donors (Lipinski definition) is 2. The Balaban J connectivity index is 2.14. The van der Waals surface area contributed by atoms with Gasteiger partial charge >= 0.3 is 0 Å². The van der Waals surface area contributed by atoms with Crippen LogP contribution in [0.1, 0.15) is 19.3 Å². The Morgan fingerprint density at radius 1 is 1.44 bits per heavy atom. The molecule has 18 heavy (non-hydrogen) atoms. The molecule has 1 aromatic heterocycles. The van der Waals surface area contributed by atoms with Crippen LogP contribution in [0.25, 0.3) is 0 Å². The second-order valence-electron chi connectivity index (χ2n) is 4.35. The normalized spacial score (nSPS) is 24.3. The molecule has 7 heteroatoms. The van der Waals surface area contributed by atoms with E-state index in [-0.39, 0.29) is 10.9 Å². The minimum Gasteiger partial charge on any atom is -0.384 e. The lowest BCUT2D eigenvalue weighted by Gasteiger charge is -2.19. The van der Waals surface area contributed by atoms with Crippen LogP contribution < -0.4 is 10.5 Å². The summed E-state index contributed by atoms with van der Waals surface area (Å²) in [6.07, 6.45) is 6.34. The number of nitrogens with zero attached hydrogens (tertiary/aromatic N) is 1. The maximum absolute atomic E-state index is 12.2. The van der Waals surface area contributed by atoms with E-state index in [0.29, 0.717) is 11.1 Å². The maximum atomic E-state index is 12.2. The zero-order chi connectivity index (χ0) is 13.2. The first-order valence-electron chi connectivity index (χ1n) is 5.79. The molecule has 2 atom stereocenters. The molecule has 5 nitrogen and oxygen atoms in total. The minimum atomic E-state index is -3.48. The predicted octanol–water partition coefficient (Wildman–Crippen LogP) is 1.23. The molecule has 1 aliphatic carbocycles. The predicted molar refractivity (Wildman–Crippen MR) is 73.9 cm³/mol. The fourth-order valence-electron chi connectivity index (χ4n) is 2.16. The van der Waals surface area contributed by atoms with Crippen LogP contribution in [0.5, 0.6) is 0 Å². The molecular formula is C11H17N3O2S2. The van der Waals surface area contributed by atoms with Crippen LogP contribution in [-0.2, 0) is 10.0 Å². The number of rotatable bonds is 4. The Hall–Kier alpha value is -0.790. The van der Waals surface area contributed by atoms with Gasteiger partial charge in [0.2, 0.25) is 10.0 Å². The summed E-state index contributed by atoms with van der Waals surface area (Å²) >= 11 is 1.72. The third-order valence-electron chi connectivity index (χ3n) is 3.13. The SMILES string of the molecule is CSC1CCCC1NS(=O)(=O)c1ccc(N)nc1. The van der Waals surface area contributed by atoms with Crippen molar-refractivity contribution in [3.05, 3.63) is 18.3 Å². The van der Waals surface area contributed by atoms with Gasteiger partial charge in [-0.3, -0.25) is 0 Å². The van der Waals surface area contributed by atoms with Gasteiger partial charge in [-0.25, -0.2) is 18.1 Å². The van der Waals surface area contributed by atoms with Gasteiger partial charge in [0.15, 0.2) is 0 Å². The molecule has 0 aromatic carbocycles. The summed E-state index contributed by atoms with van der Waals surface area (Å²) < 4.78 is 27.1. The first-order valence-corrected chi connectivity index (χ1v) is 8.56. The largest absolute Gasteiger partial charge is 0.384 e. The molecule has 2 rings (SSSR count). The smallest absolute Gasteiger partial charge is 0.242 e. The van der Waals surface area contributed by atoms with Crippen molar-refractivity contribution in [3.63, 3.8) is 0 Å². The van der Waals surface area contributed by atoms with Crippen LogP contribution in [0.15, 0.2) is 23.2 Å². The monoisotopic (exact) mass is 287 g/mol. The highest BCUT2D eigenvalue weighted by atomic mass is 32.2. The van der Waals surface area contributed by atoms with Crippen molar-refractivity contribution in [2.75, 3.05) is 12.0 Å². The van der Waals surface area contributed by atoms with Crippen molar-refractivity contribution >= 4 is 27.6 Å². The summed E-state index contributed by atoms with van der Waals surface area (Å²) in [4.78, 5) is 3.98. The van der Waals surface area contributed by atoms with E-state index < -0.39 is 10.0 Å². The number of aromatic nitrogens is 1. The fraction of sp³-hybridized carbons (Fsp3) is 0.545. The summed E-state index contributed by atoms with van der Waals surface area (Å²) in [5, 5.41) is 0.363. The van der Waals surface area contributed by atoms with Crippen LogP contribution in [0.4, 0.5) is 5.82 Å². The first-order chi connectivity index (χ1) is 8.53. The third-order valence-corrected chi connectivity index (χ3v) is 5.78. The molecule has 2 unspecified atom stereocenters. The van der Waals surface area contributed by atoms with Crippen LogP contribution in [0, 0.1) is 0 Å². The fourth-order valence-corrected chi connectivity index (χ4v) is 4.44. The van der Waals surface area contributed by atoms with Crippen molar-refractivity contribution in [1.29, 1.82) is 0 Å². The van der Waals surface area contributed by atoms with Gasteiger partial charge < -0.3 is 5.73 Å². The van der Waals surface area contributed by atoms with Gasteiger partial charge in [-0.05, 0) is 31.2 Å². The molecule has 0 radical (unpaired) electrons. The Bertz CT molecular complexity index is 502. The summed E-state index contributed by atoms with van der Waals surface area (Å²) in [6, 6.07) is 2.99. The van der Waals surface area contributed by atoms with Gasteiger partial charge in [0, 0.05) is 17.5 Å². The van der Waals surface area contributed by atoms with Crippen molar-refractivity contribution in [2.24, 2.45) is 0 Å². The van der Waals surface area contributed by atoms with Gasteiger partial charge in [0.05, 0.1) is 0 Å². The number of nitrogens with one attached hydrogen (secondary N) is 1. The van der Waals surface area contributed by atoms with Gasteiger partial charge in [0.25, 0.3) is 0 Å². The molecule has 1 fully saturated rings. The van der Waals surface area contributed by atoms with Crippen molar-refractivity contribution in [2.45, 2.75) is 35.4 Å². The zero-order valence-corrected chi connectivity index (χ0v) is 11.8. The highest BCUT2D eigenvalue weighted by molar-refractivity contribution is 7.99. The minimum absolute atomic E-state index is 0.0163. The molecular weight excluding hydrogens is 270 g/mol. The van der Waals surface area contributed by atoms with Crippen LogP contribution in [-0.4, -0.2) is 30.9 Å².